The molecule has 3 heterocycles. The largest absolute Gasteiger partial charge is 0.464 e. The van der Waals surface area contributed by atoms with Crippen LogP contribution in [0, 0.1) is 6.92 Å². The summed E-state index contributed by atoms with van der Waals surface area (Å²) in [5, 5.41) is 16.5. The van der Waals surface area contributed by atoms with Crippen LogP contribution in [0.4, 0.5) is 0 Å². The second-order valence-corrected chi connectivity index (χ2v) is 18.1. The van der Waals surface area contributed by atoms with Gasteiger partial charge in [0.1, 0.15) is 11.9 Å². The first-order chi connectivity index (χ1) is 19.4. The Morgan fingerprint density at radius 1 is 1.24 bits per heavy atom. The van der Waals surface area contributed by atoms with Gasteiger partial charge in [0.05, 0.1) is 24.9 Å². The van der Waals surface area contributed by atoms with Gasteiger partial charge in [0, 0.05) is 46.9 Å². The SMILES string of the molecule is COC(=O)c1c(CCCO[Si](C)(C)C(C)(C)C)c2ccc(CI)c(-c3c(CO)nn(C4CCCCO4)c3C)c2n1C. The van der Waals surface area contributed by atoms with E-state index in [0.29, 0.717) is 31.0 Å². The molecule has 8 nitrogen and oxygen atoms in total. The van der Waals surface area contributed by atoms with E-state index in [1.54, 1.807) is 0 Å². The highest BCUT2D eigenvalue weighted by Gasteiger charge is 2.37. The molecule has 1 aliphatic heterocycles. The zero-order valence-electron chi connectivity index (χ0n) is 25.9. The Labute approximate surface area is 259 Å². The van der Waals surface area contributed by atoms with Crippen LogP contribution in [0.5, 0.6) is 0 Å². The maximum Gasteiger partial charge on any atom is 0.354 e. The average Bonchev–Trinajstić information content (AvgIpc) is 3.43. The summed E-state index contributed by atoms with van der Waals surface area (Å²) in [4.78, 5) is 13.2. The van der Waals surface area contributed by atoms with E-state index in [0.717, 1.165) is 69.0 Å². The maximum absolute atomic E-state index is 13.2. The fourth-order valence-electron chi connectivity index (χ4n) is 5.67. The van der Waals surface area contributed by atoms with Crippen molar-refractivity contribution in [3.8, 4) is 11.1 Å². The van der Waals surface area contributed by atoms with E-state index in [2.05, 4.69) is 75.5 Å². The van der Waals surface area contributed by atoms with Crippen LogP contribution in [0.2, 0.25) is 18.1 Å². The normalized spacial score (nSPS) is 16.5. The van der Waals surface area contributed by atoms with Crippen molar-refractivity contribution in [3.63, 3.8) is 0 Å². The highest BCUT2D eigenvalue weighted by atomic mass is 127. The van der Waals surface area contributed by atoms with Gasteiger partial charge in [-0.05, 0) is 68.3 Å². The summed E-state index contributed by atoms with van der Waals surface area (Å²) in [6.45, 7) is 14.5. The zero-order chi connectivity index (χ0) is 30.1. The minimum absolute atomic E-state index is 0.138. The summed E-state index contributed by atoms with van der Waals surface area (Å²) >= 11 is 2.39. The van der Waals surface area contributed by atoms with Crippen molar-refractivity contribution < 1.29 is 23.8 Å². The topological polar surface area (TPSA) is 87.7 Å². The molecule has 41 heavy (non-hydrogen) atoms. The van der Waals surface area contributed by atoms with Crippen molar-refractivity contribution in [2.45, 2.75) is 95.2 Å². The number of benzene rings is 1. The van der Waals surface area contributed by atoms with Crippen molar-refractivity contribution >= 4 is 47.8 Å². The number of aliphatic hydroxyl groups is 1. The van der Waals surface area contributed by atoms with Gasteiger partial charge in [-0.3, -0.25) is 0 Å². The number of aliphatic hydroxyl groups excluding tert-OH is 1. The number of aromatic nitrogens is 3. The number of hydrogen-bond acceptors (Lipinski definition) is 6. The van der Waals surface area contributed by atoms with Crippen LogP contribution in [-0.2, 0) is 38.4 Å². The molecule has 1 aliphatic rings. The van der Waals surface area contributed by atoms with Gasteiger partial charge in [-0.15, -0.1) is 0 Å². The van der Waals surface area contributed by atoms with Crippen LogP contribution in [-0.4, -0.2) is 54.1 Å². The molecule has 0 spiro atoms. The van der Waals surface area contributed by atoms with Crippen molar-refractivity contribution in [2.75, 3.05) is 20.3 Å². The second-order valence-electron chi connectivity index (χ2n) is 12.6. The molecule has 1 N–H and O–H groups in total. The van der Waals surface area contributed by atoms with Gasteiger partial charge >= 0.3 is 5.97 Å². The lowest BCUT2D eigenvalue weighted by molar-refractivity contribution is -0.0409. The molecular weight excluding hydrogens is 649 g/mol. The number of hydrogen-bond donors (Lipinski definition) is 1. The predicted molar refractivity (Wildman–Crippen MR) is 174 cm³/mol. The van der Waals surface area contributed by atoms with Gasteiger partial charge in [-0.2, -0.15) is 5.10 Å². The Morgan fingerprint density at radius 2 is 1.98 bits per heavy atom. The fraction of sp³-hybridized carbons (Fsp3) is 0.613. The van der Waals surface area contributed by atoms with Crippen molar-refractivity contribution in [1.82, 2.24) is 14.3 Å². The lowest BCUT2D eigenvalue weighted by atomic mass is 9.94. The number of aryl methyl sites for hydroxylation is 2. The van der Waals surface area contributed by atoms with Gasteiger partial charge < -0.3 is 23.6 Å². The van der Waals surface area contributed by atoms with Gasteiger partial charge in [0.25, 0.3) is 0 Å². The van der Waals surface area contributed by atoms with Crippen LogP contribution in [0.25, 0.3) is 22.0 Å². The van der Waals surface area contributed by atoms with E-state index in [4.69, 9.17) is 19.0 Å². The van der Waals surface area contributed by atoms with E-state index < -0.39 is 8.32 Å². The lowest BCUT2D eigenvalue weighted by Gasteiger charge is -2.36. The molecule has 1 unspecified atom stereocenters. The molecule has 1 aromatic carbocycles. The molecule has 0 amide bonds. The van der Waals surface area contributed by atoms with Gasteiger partial charge in [-0.1, -0.05) is 55.5 Å². The van der Waals surface area contributed by atoms with E-state index in [1.165, 1.54) is 7.11 Å². The summed E-state index contributed by atoms with van der Waals surface area (Å²) in [7, 11) is 1.50. The van der Waals surface area contributed by atoms with Crippen molar-refractivity contribution in [2.24, 2.45) is 7.05 Å². The fourth-order valence-corrected chi connectivity index (χ4v) is 7.39. The Kier molecular flexibility index (Phi) is 10.1. The molecule has 0 saturated carbocycles. The Hall–Kier alpha value is -1.73. The number of rotatable bonds is 10. The number of alkyl halides is 1. The molecule has 2 aromatic heterocycles. The smallest absolute Gasteiger partial charge is 0.354 e. The summed E-state index contributed by atoms with van der Waals surface area (Å²) in [5.74, 6) is -0.351. The van der Waals surface area contributed by atoms with Gasteiger partial charge in [0.2, 0.25) is 0 Å². The summed E-state index contributed by atoms with van der Waals surface area (Å²) < 4.78 is 22.5. The molecule has 10 heteroatoms. The number of carbonyl (C=O) groups is 1. The van der Waals surface area contributed by atoms with Crippen LogP contribution < -0.4 is 0 Å². The average molecular weight is 696 g/mol. The minimum Gasteiger partial charge on any atom is -0.464 e. The Morgan fingerprint density at radius 3 is 2.56 bits per heavy atom. The number of halogens is 1. The van der Waals surface area contributed by atoms with Crippen LogP contribution >= 0.6 is 22.6 Å². The van der Waals surface area contributed by atoms with Crippen LogP contribution in [0.15, 0.2) is 12.1 Å². The summed E-state index contributed by atoms with van der Waals surface area (Å²) in [5.41, 5.74) is 7.14. The third kappa shape index (κ3) is 6.18. The van der Waals surface area contributed by atoms with Gasteiger partial charge in [0.15, 0.2) is 8.32 Å². The molecule has 226 valence electrons. The molecule has 1 saturated heterocycles. The monoisotopic (exact) mass is 695 g/mol. The Bertz CT molecular complexity index is 1400. The third-order valence-electron chi connectivity index (χ3n) is 8.96. The molecule has 1 fully saturated rings. The third-order valence-corrected chi connectivity index (χ3v) is 14.3. The number of carbonyl (C=O) groups excluding carboxylic acids is 1. The highest BCUT2D eigenvalue weighted by molar-refractivity contribution is 14.1. The Balaban J connectivity index is 1.85. The van der Waals surface area contributed by atoms with Crippen LogP contribution in [0.3, 0.4) is 0 Å². The standard InChI is InChI=1S/C31H46IN3O5Si/c1-20-26(24(19-36)33-35(20)25-13-9-10-16-39-25)27-21(18-32)14-15-23-22(29(30(37)38-6)34(5)28(23)27)12-11-17-40-41(7,8)31(2,3)4/h14-15,25,36H,9-13,16-19H2,1-8H3. The maximum atomic E-state index is 13.2. The molecular formula is C31H46IN3O5Si. The predicted octanol–water partition coefficient (Wildman–Crippen LogP) is 7.22. The number of nitrogens with zero attached hydrogens (tertiary/aromatic N) is 3. The minimum atomic E-state index is -1.87. The van der Waals surface area contributed by atoms with E-state index in [9.17, 15) is 9.90 Å². The first-order valence-corrected chi connectivity index (χ1v) is 19.0. The van der Waals surface area contributed by atoms with Gasteiger partial charge in [-0.25, -0.2) is 9.48 Å². The zero-order valence-corrected chi connectivity index (χ0v) is 29.1. The van der Waals surface area contributed by atoms with E-state index in [1.807, 2.05) is 16.3 Å². The number of esters is 1. The van der Waals surface area contributed by atoms with Crippen molar-refractivity contribution in [3.05, 3.63) is 40.3 Å². The number of ether oxygens (including phenoxy) is 2. The molecule has 0 bridgehead atoms. The second kappa shape index (κ2) is 12.9. The van der Waals surface area contributed by atoms with E-state index >= 15 is 0 Å². The number of methoxy groups -OCH3 is 1. The van der Waals surface area contributed by atoms with Crippen molar-refractivity contribution in [1.29, 1.82) is 0 Å². The van der Waals surface area contributed by atoms with E-state index in [-0.39, 0.29) is 23.8 Å². The number of fused-ring (bicyclic) bond motifs is 1. The molecule has 0 radical (unpaired) electrons. The van der Waals surface area contributed by atoms with Crippen LogP contribution in [0.1, 0.15) is 85.7 Å². The molecule has 4 rings (SSSR count). The molecule has 3 aromatic rings. The lowest BCUT2D eigenvalue weighted by Crippen LogP contribution is -2.41. The first kappa shape index (κ1) is 32.2. The summed E-state index contributed by atoms with van der Waals surface area (Å²) in [6.07, 6.45) is 4.40. The highest BCUT2D eigenvalue weighted by Crippen LogP contribution is 2.42. The summed E-state index contributed by atoms with van der Waals surface area (Å²) in [6, 6.07) is 4.28. The first-order valence-electron chi connectivity index (χ1n) is 14.6. The molecule has 0 aliphatic carbocycles. The molecule has 1 atom stereocenters. The quantitative estimate of drug-likeness (QED) is 0.0793.